The normalized spacial score (nSPS) is 24.6. The van der Waals surface area contributed by atoms with Crippen LogP contribution < -0.4 is 5.32 Å². The van der Waals surface area contributed by atoms with Gasteiger partial charge in [-0.1, -0.05) is 38.1 Å². The predicted molar refractivity (Wildman–Crippen MR) is 77.2 cm³/mol. The zero-order valence-electron chi connectivity index (χ0n) is 12.0. The van der Waals surface area contributed by atoms with Crippen LogP contribution in [0.25, 0.3) is 0 Å². The summed E-state index contributed by atoms with van der Waals surface area (Å²) in [5.74, 6) is 0. The number of aryl methyl sites for hydroxylation is 1. The Morgan fingerprint density at radius 3 is 2.58 bits per heavy atom. The first kappa shape index (κ1) is 14.5. The number of aliphatic hydroxyl groups is 1. The Labute approximate surface area is 116 Å². The molecule has 0 bridgehead atoms. The highest BCUT2D eigenvalue weighted by atomic mass is 16.5. The molecule has 106 valence electrons. The van der Waals surface area contributed by atoms with Gasteiger partial charge in [-0.25, -0.2) is 0 Å². The fourth-order valence-corrected chi connectivity index (χ4v) is 2.53. The minimum absolute atomic E-state index is 0.301. The van der Waals surface area contributed by atoms with Crippen LogP contribution in [0.3, 0.4) is 0 Å². The molecule has 19 heavy (non-hydrogen) atoms. The van der Waals surface area contributed by atoms with Gasteiger partial charge in [-0.05, 0) is 24.0 Å². The van der Waals surface area contributed by atoms with Gasteiger partial charge in [0, 0.05) is 25.6 Å². The first-order valence-electron chi connectivity index (χ1n) is 7.29. The van der Waals surface area contributed by atoms with Gasteiger partial charge >= 0.3 is 0 Å². The van der Waals surface area contributed by atoms with Gasteiger partial charge in [-0.2, -0.15) is 0 Å². The predicted octanol–water partition coefficient (Wildman–Crippen LogP) is 2.44. The Bertz CT molecular complexity index is 382. The van der Waals surface area contributed by atoms with Crippen molar-refractivity contribution in [3.8, 4) is 0 Å². The van der Waals surface area contributed by atoms with Crippen LogP contribution in [0, 0.1) is 0 Å². The molecule has 3 nitrogen and oxygen atoms in total. The van der Waals surface area contributed by atoms with Crippen LogP contribution in [0.2, 0.25) is 0 Å². The zero-order valence-corrected chi connectivity index (χ0v) is 12.0. The van der Waals surface area contributed by atoms with Crippen LogP contribution in [0.1, 0.15) is 43.9 Å². The molecule has 1 saturated heterocycles. The third-order valence-corrected chi connectivity index (χ3v) is 3.96. The molecule has 0 aliphatic carbocycles. The van der Waals surface area contributed by atoms with Crippen molar-refractivity contribution in [2.75, 3.05) is 19.8 Å². The topological polar surface area (TPSA) is 41.5 Å². The van der Waals surface area contributed by atoms with E-state index in [1.807, 2.05) is 0 Å². The molecule has 3 heteroatoms. The molecule has 1 aliphatic rings. The van der Waals surface area contributed by atoms with Crippen LogP contribution in [0.15, 0.2) is 24.3 Å². The van der Waals surface area contributed by atoms with E-state index in [1.54, 1.807) is 0 Å². The van der Waals surface area contributed by atoms with Crippen LogP contribution in [-0.2, 0) is 11.2 Å². The number of hydrogen-bond donors (Lipinski definition) is 2. The molecule has 0 saturated carbocycles. The van der Waals surface area contributed by atoms with Gasteiger partial charge in [-0.3, -0.25) is 0 Å². The lowest BCUT2D eigenvalue weighted by Crippen LogP contribution is -2.42. The molecule has 1 aliphatic heterocycles. The van der Waals surface area contributed by atoms with Crippen molar-refractivity contribution < 1.29 is 9.84 Å². The van der Waals surface area contributed by atoms with Crippen molar-refractivity contribution >= 4 is 0 Å². The molecule has 1 fully saturated rings. The van der Waals surface area contributed by atoms with E-state index in [9.17, 15) is 5.11 Å². The molecule has 1 aromatic rings. The standard InChI is InChI=1S/C16H25NO2/c1-3-13-5-7-14(8-6-13)15(4-2)17-11-16(18)9-10-19-12-16/h5-8,15,17-18H,3-4,9-12H2,1-2H3. The molecule has 2 rings (SSSR count). The summed E-state index contributed by atoms with van der Waals surface area (Å²) in [6.07, 6.45) is 2.81. The maximum Gasteiger partial charge on any atom is 0.103 e. The summed E-state index contributed by atoms with van der Waals surface area (Å²) >= 11 is 0. The Balaban J connectivity index is 1.95. The molecule has 2 N–H and O–H groups in total. The molecular weight excluding hydrogens is 238 g/mol. The van der Waals surface area contributed by atoms with E-state index < -0.39 is 5.60 Å². The molecule has 1 aromatic carbocycles. The number of ether oxygens (including phenoxy) is 1. The Morgan fingerprint density at radius 2 is 2.05 bits per heavy atom. The molecular formula is C16H25NO2. The van der Waals surface area contributed by atoms with Gasteiger partial charge in [0.2, 0.25) is 0 Å². The molecule has 0 amide bonds. The lowest BCUT2D eigenvalue weighted by atomic mass is 9.99. The van der Waals surface area contributed by atoms with Crippen LogP contribution in [-0.4, -0.2) is 30.5 Å². The lowest BCUT2D eigenvalue weighted by molar-refractivity contribution is 0.0246. The summed E-state index contributed by atoms with van der Waals surface area (Å²) in [5, 5.41) is 13.8. The van der Waals surface area contributed by atoms with Gasteiger partial charge in [0.1, 0.15) is 5.60 Å². The van der Waals surface area contributed by atoms with E-state index in [-0.39, 0.29) is 0 Å². The van der Waals surface area contributed by atoms with E-state index in [0.717, 1.165) is 19.3 Å². The summed E-state index contributed by atoms with van der Waals surface area (Å²) in [5.41, 5.74) is 1.97. The van der Waals surface area contributed by atoms with Gasteiger partial charge in [0.15, 0.2) is 0 Å². The summed E-state index contributed by atoms with van der Waals surface area (Å²) in [7, 11) is 0. The lowest BCUT2D eigenvalue weighted by Gasteiger charge is -2.25. The second-order valence-electron chi connectivity index (χ2n) is 5.46. The summed E-state index contributed by atoms with van der Waals surface area (Å²) in [4.78, 5) is 0. The number of nitrogens with one attached hydrogen (secondary N) is 1. The molecule has 0 aromatic heterocycles. The molecule has 2 unspecified atom stereocenters. The number of rotatable bonds is 6. The quantitative estimate of drug-likeness (QED) is 0.828. The van der Waals surface area contributed by atoms with Crippen molar-refractivity contribution in [2.24, 2.45) is 0 Å². The summed E-state index contributed by atoms with van der Waals surface area (Å²) in [6.45, 7) is 6.05. The third-order valence-electron chi connectivity index (χ3n) is 3.96. The van der Waals surface area contributed by atoms with E-state index in [1.165, 1.54) is 11.1 Å². The van der Waals surface area contributed by atoms with E-state index >= 15 is 0 Å². The van der Waals surface area contributed by atoms with Crippen molar-refractivity contribution in [3.05, 3.63) is 35.4 Å². The van der Waals surface area contributed by atoms with Crippen LogP contribution in [0.4, 0.5) is 0 Å². The van der Waals surface area contributed by atoms with Crippen molar-refractivity contribution in [1.29, 1.82) is 0 Å². The van der Waals surface area contributed by atoms with Crippen molar-refractivity contribution in [3.63, 3.8) is 0 Å². The van der Waals surface area contributed by atoms with Gasteiger partial charge < -0.3 is 15.2 Å². The Morgan fingerprint density at radius 1 is 1.32 bits per heavy atom. The minimum Gasteiger partial charge on any atom is -0.386 e. The minimum atomic E-state index is -0.684. The van der Waals surface area contributed by atoms with Gasteiger partial charge in [0.05, 0.1) is 6.61 Å². The summed E-state index contributed by atoms with van der Waals surface area (Å²) < 4.78 is 5.27. The van der Waals surface area contributed by atoms with Crippen LogP contribution >= 0.6 is 0 Å². The monoisotopic (exact) mass is 263 g/mol. The first-order valence-corrected chi connectivity index (χ1v) is 7.29. The fraction of sp³-hybridized carbons (Fsp3) is 0.625. The number of hydrogen-bond acceptors (Lipinski definition) is 3. The highest BCUT2D eigenvalue weighted by molar-refractivity contribution is 5.25. The molecule has 2 atom stereocenters. The average molecular weight is 263 g/mol. The average Bonchev–Trinajstić information content (AvgIpc) is 2.87. The zero-order chi connectivity index (χ0) is 13.7. The highest BCUT2D eigenvalue weighted by Crippen LogP contribution is 2.21. The second-order valence-corrected chi connectivity index (χ2v) is 5.46. The molecule has 0 spiro atoms. The fourth-order valence-electron chi connectivity index (χ4n) is 2.53. The SMILES string of the molecule is CCc1ccc(C(CC)NCC2(O)CCOC2)cc1. The smallest absolute Gasteiger partial charge is 0.103 e. The van der Waals surface area contributed by atoms with E-state index in [0.29, 0.717) is 25.8 Å². The van der Waals surface area contributed by atoms with Gasteiger partial charge in [-0.15, -0.1) is 0 Å². The largest absolute Gasteiger partial charge is 0.386 e. The number of benzene rings is 1. The molecule has 1 heterocycles. The van der Waals surface area contributed by atoms with Crippen molar-refractivity contribution in [2.45, 2.75) is 44.8 Å². The third kappa shape index (κ3) is 3.78. The van der Waals surface area contributed by atoms with Crippen LogP contribution in [0.5, 0.6) is 0 Å². The first-order chi connectivity index (χ1) is 9.17. The Kier molecular flexibility index (Phi) is 4.97. The molecule has 0 radical (unpaired) electrons. The summed E-state index contributed by atoms with van der Waals surface area (Å²) in [6, 6.07) is 9.06. The highest BCUT2D eigenvalue weighted by Gasteiger charge is 2.32. The van der Waals surface area contributed by atoms with E-state index in [2.05, 4.69) is 43.4 Å². The maximum absolute atomic E-state index is 10.3. The van der Waals surface area contributed by atoms with Gasteiger partial charge in [0.25, 0.3) is 0 Å². The van der Waals surface area contributed by atoms with E-state index in [4.69, 9.17) is 4.74 Å². The second kappa shape index (κ2) is 6.51. The van der Waals surface area contributed by atoms with Crippen molar-refractivity contribution in [1.82, 2.24) is 5.32 Å². The Hall–Kier alpha value is -0.900. The maximum atomic E-state index is 10.3.